The minimum Gasteiger partial charge on any atom is -0.305 e. The Hall–Kier alpha value is -0.930. The summed E-state index contributed by atoms with van der Waals surface area (Å²) in [7, 11) is 0. The molecule has 3 nitrogen and oxygen atoms in total. The Balaban J connectivity index is 2.24. The van der Waals surface area contributed by atoms with Gasteiger partial charge in [-0.25, -0.2) is 4.98 Å². The molecule has 0 aromatic carbocycles. The number of nitrogens with one attached hydrogen (secondary N) is 1. The van der Waals surface area contributed by atoms with Gasteiger partial charge >= 0.3 is 0 Å². The van der Waals surface area contributed by atoms with Crippen molar-refractivity contribution < 1.29 is 4.79 Å². The molecule has 0 saturated carbocycles. The molecule has 1 aromatic rings. The van der Waals surface area contributed by atoms with Crippen LogP contribution in [-0.4, -0.2) is 22.9 Å². The van der Waals surface area contributed by atoms with E-state index >= 15 is 0 Å². The molecule has 1 fully saturated rings. The molecule has 1 aliphatic heterocycles. The average molecular weight is 225 g/mol. The predicted octanol–water partition coefficient (Wildman–Crippen LogP) is 2.06. The van der Waals surface area contributed by atoms with E-state index in [0.29, 0.717) is 10.7 Å². The highest BCUT2D eigenvalue weighted by molar-refractivity contribution is 6.29. The number of pyridine rings is 1. The van der Waals surface area contributed by atoms with Crippen LogP contribution in [0.4, 0.5) is 0 Å². The third kappa shape index (κ3) is 2.03. The number of halogens is 1. The first-order valence-electron chi connectivity index (χ1n) is 5.03. The largest absolute Gasteiger partial charge is 0.305 e. The highest BCUT2D eigenvalue weighted by atomic mass is 35.5. The van der Waals surface area contributed by atoms with Crippen LogP contribution in [0, 0.1) is 0 Å². The average Bonchev–Trinajstić information content (AvgIpc) is 2.67. The monoisotopic (exact) mass is 224 g/mol. The SMILES string of the molecule is CC1(C(=O)c2ccc(Cl)nc2)CCCN1. The maximum absolute atomic E-state index is 12.1. The van der Waals surface area contributed by atoms with Gasteiger partial charge in [0.15, 0.2) is 5.78 Å². The molecule has 0 radical (unpaired) electrons. The lowest BCUT2D eigenvalue weighted by Crippen LogP contribution is -2.44. The predicted molar refractivity (Wildman–Crippen MR) is 59.2 cm³/mol. The van der Waals surface area contributed by atoms with Gasteiger partial charge in [0.05, 0.1) is 5.54 Å². The lowest BCUT2D eigenvalue weighted by atomic mass is 9.91. The van der Waals surface area contributed by atoms with Gasteiger partial charge < -0.3 is 5.32 Å². The van der Waals surface area contributed by atoms with E-state index in [0.717, 1.165) is 19.4 Å². The quantitative estimate of drug-likeness (QED) is 0.618. The van der Waals surface area contributed by atoms with Crippen LogP contribution in [0.2, 0.25) is 5.15 Å². The van der Waals surface area contributed by atoms with Crippen LogP contribution >= 0.6 is 11.6 Å². The molecule has 80 valence electrons. The molecule has 2 heterocycles. The zero-order chi connectivity index (χ0) is 10.9. The van der Waals surface area contributed by atoms with Crippen LogP contribution in [0.1, 0.15) is 30.1 Å². The zero-order valence-electron chi connectivity index (χ0n) is 8.59. The third-order valence-electron chi connectivity index (χ3n) is 2.86. The Morgan fingerprint density at radius 1 is 1.60 bits per heavy atom. The van der Waals surface area contributed by atoms with E-state index in [-0.39, 0.29) is 5.78 Å². The van der Waals surface area contributed by atoms with Crippen molar-refractivity contribution in [3.63, 3.8) is 0 Å². The van der Waals surface area contributed by atoms with Gasteiger partial charge in [-0.15, -0.1) is 0 Å². The topological polar surface area (TPSA) is 42.0 Å². The first-order valence-corrected chi connectivity index (χ1v) is 5.41. The Bertz CT molecular complexity index is 369. The number of hydrogen-bond acceptors (Lipinski definition) is 3. The molecule has 1 unspecified atom stereocenters. The summed E-state index contributed by atoms with van der Waals surface area (Å²) in [5.41, 5.74) is 0.200. The Morgan fingerprint density at radius 3 is 2.93 bits per heavy atom. The molecule has 1 atom stereocenters. The number of carbonyl (C=O) groups is 1. The molecular weight excluding hydrogens is 212 g/mol. The Morgan fingerprint density at radius 2 is 2.40 bits per heavy atom. The Kier molecular flexibility index (Phi) is 2.76. The number of rotatable bonds is 2. The van der Waals surface area contributed by atoms with E-state index in [1.807, 2.05) is 6.92 Å². The molecule has 0 bridgehead atoms. The van der Waals surface area contributed by atoms with Crippen LogP contribution in [0.15, 0.2) is 18.3 Å². The minimum atomic E-state index is -0.421. The van der Waals surface area contributed by atoms with E-state index in [9.17, 15) is 4.79 Å². The Labute approximate surface area is 93.8 Å². The summed E-state index contributed by atoms with van der Waals surface area (Å²) in [5.74, 6) is 0.101. The fourth-order valence-corrected chi connectivity index (χ4v) is 2.03. The summed E-state index contributed by atoms with van der Waals surface area (Å²) in [6, 6.07) is 3.37. The summed E-state index contributed by atoms with van der Waals surface area (Å²) < 4.78 is 0. The van der Waals surface area contributed by atoms with Crippen LogP contribution in [0.5, 0.6) is 0 Å². The van der Waals surface area contributed by atoms with Gasteiger partial charge in [-0.2, -0.15) is 0 Å². The highest BCUT2D eigenvalue weighted by Gasteiger charge is 2.36. The van der Waals surface area contributed by atoms with Crippen molar-refractivity contribution in [2.45, 2.75) is 25.3 Å². The highest BCUT2D eigenvalue weighted by Crippen LogP contribution is 2.23. The van der Waals surface area contributed by atoms with Crippen molar-refractivity contribution in [1.29, 1.82) is 0 Å². The molecule has 4 heteroatoms. The number of Topliss-reactive ketones (excluding diaryl/α,β-unsaturated/α-hetero) is 1. The van der Waals surface area contributed by atoms with Gasteiger partial charge in [-0.3, -0.25) is 4.79 Å². The van der Waals surface area contributed by atoms with Gasteiger partial charge in [-0.1, -0.05) is 11.6 Å². The first kappa shape index (κ1) is 10.6. The molecule has 2 rings (SSSR count). The third-order valence-corrected chi connectivity index (χ3v) is 3.08. The summed E-state index contributed by atoms with van der Waals surface area (Å²) in [6.07, 6.45) is 3.47. The lowest BCUT2D eigenvalue weighted by molar-refractivity contribution is 0.0884. The van der Waals surface area contributed by atoms with E-state index < -0.39 is 5.54 Å². The lowest BCUT2D eigenvalue weighted by Gasteiger charge is -2.22. The standard InChI is InChI=1S/C11H13ClN2O/c1-11(5-2-6-14-11)10(15)8-3-4-9(12)13-7-8/h3-4,7,14H,2,5-6H2,1H3. The van der Waals surface area contributed by atoms with Crippen molar-refractivity contribution in [2.24, 2.45) is 0 Å². The molecule has 15 heavy (non-hydrogen) atoms. The summed E-state index contributed by atoms with van der Waals surface area (Å²) in [6.45, 7) is 2.85. The smallest absolute Gasteiger partial charge is 0.184 e. The molecule has 1 saturated heterocycles. The molecule has 0 amide bonds. The maximum atomic E-state index is 12.1. The molecule has 0 spiro atoms. The molecule has 1 aromatic heterocycles. The number of hydrogen-bond donors (Lipinski definition) is 1. The fraction of sp³-hybridized carbons (Fsp3) is 0.455. The second kappa shape index (κ2) is 3.91. The van der Waals surface area contributed by atoms with Crippen LogP contribution < -0.4 is 5.32 Å². The summed E-state index contributed by atoms with van der Waals surface area (Å²) in [5, 5.41) is 3.65. The first-order chi connectivity index (χ1) is 7.12. The maximum Gasteiger partial charge on any atom is 0.184 e. The van der Waals surface area contributed by atoms with Crippen molar-refractivity contribution in [2.75, 3.05) is 6.54 Å². The van der Waals surface area contributed by atoms with Gasteiger partial charge in [0.25, 0.3) is 0 Å². The number of nitrogens with zero attached hydrogens (tertiary/aromatic N) is 1. The number of carbonyl (C=O) groups excluding carboxylic acids is 1. The fourth-order valence-electron chi connectivity index (χ4n) is 1.92. The van der Waals surface area contributed by atoms with E-state index in [1.165, 1.54) is 6.20 Å². The molecular formula is C11H13ClN2O. The van der Waals surface area contributed by atoms with Crippen molar-refractivity contribution in [3.8, 4) is 0 Å². The van der Waals surface area contributed by atoms with Gasteiger partial charge in [0, 0.05) is 11.8 Å². The van der Waals surface area contributed by atoms with Crippen LogP contribution in [-0.2, 0) is 0 Å². The van der Waals surface area contributed by atoms with Crippen molar-refractivity contribution in [3.05, 3.63) is 29.0 Å². The molecule has 0 aliphatic carbocycles. The number of ketones is 1. The van der Waals surface area contributed by atoms with Gasteiger partial charge in [0.1, 0.15) is 5.15 Å². The second-order valence-corrected chi connectivity index (χ2v) is 4.45. The van der Waals surface area contributed by atoms with Crippen molar-refractivity contribution >= 4 is 17.4 Å². The van der Waals surface area contributed by atoms with Gasteiger partial charge in [0.2, 0.25) is 0 Å². The normalized spacial score (nSPS) is 25.5. The molecule has 1 aliphatic rings. The van der Waals surface area contributed by atoms with E-state index in [4.69, 9.17) is 11.6 Å². The van der Waals surface area contributed by atoms with E-state index in [2.05, 4.69) is 10.3 Å². The second-order valence-electron chi connectivity index (χ2n) is 4.06. The van der Waals surface area contributed by atoms with E-state index in [1.54, 1.807) is 12.1 Å². The van der Waals surface area contributed by atoms with Crippen LogP contribution in [0.25, 0.3) is 0 Å². The van der Waals surface area contributed by atoms with Crippen LogP contribution in [0.3, 0.4) is 0 Å². The summed E-state index contributed by atoms with van der Waals surface area (Å²) in [4.78, 5) is 16.1. The zero-order valence-corrected chi connectivity index (χ0v) is 9.34. The van der Waals surface area contributed by atoms with Crippen molar-refractivity contribution in [1.82, 2.24) is 10.3 Å². The summed E-state index contributed by atoms with van der Waals surface area (Å²) >= 11 is 5.67. The minimum absolute atomic E-state index is 0.101. The van der Waals surface area contributed by atoms with Gasteiger partial charge in [-0.05, 0) is 38.4 Å². The molecule has 1 N–H and O–H groups in total. The number of aromatic nitrogens is 1.